The molecule has 114 valence electrons. The first-order valence-corrected chi connectivity index (χ1v) is 7.15. The minimum Gasteiger partial charge on any atom is -0.458 e. The average Bonchev–Trinajstić information content (AvgIpc) is 2.52. The van der Waals surface area contributed by atoms with E-state index in [9.17, 15) is 4.79 Å². The summed E-state index contributed by atoms with van der Waals surface area (Å²) in [6.45, 7) is 12.2. The van der Waals surface area contributed by atoms with Crippen molar-refractivity contribution in [3.63, 3.8) is 0 Å². The number of esters is 1. The van der Waals surface area contributed by atoms with Crippen molar-refractivity contribution >= 4 is 5.97 Å². The molecule has 0 N–H and O–H groups in total. The van der Waals surface area contributed by atoms with E-state index in [4.69, 9.17) is 9.47 Å². The summed E-state index contributed by atoms with van der Waals surface area (Å²) in [7, 11) is 0. The van der Waals surface area contributed by atoms with Crippen molar-refractivity contribution in [1.82, 2.24) is 0 Å². The normalized spacial score (nSPS) is 14.8. The van der Waals surface area contributed by atoms with Gasteiger partial charge in [-0.2, -0.15) is 0 Å². The highest BCUT2D eigenvalue weighted by molar-refractivity contribution is 5.81. The van der Waals surface area contributed by atoms with Crippen LogP contribution in [-0.4, -0.2) is 18.7 Å². The van der Waals surface area contributed by atoms with Gasteiger partial charge in [-0.05, 0) is 5.56 Å². The summed E-state index contributed by atoms with van der Waals surface area (Å²) in [4.78, 5) is 11.4. The van der Waals surface area contributed by atoms with Crippen LogP contribution in [0, 0.1) is 11.8 Å². The standard InChI is InChI=1S/C18H24O3/c1-5-14(3)18(21-17(19)6-2)15(4)12-20-13-16-10-8-7-9-11-16/h5-11,14-15,18H,1-2,12-13H2,3-4H3/t14-,15-,18+/m0/s1. The quantitative estimate of drug-likeness (QED) is 0.394. The molecule has 1 rings (SSSR count). The van der Waals surface area contributed by atoms with Gasteiger partial charge in [0, 0.05) is 17.9 Å². The summed E-state index contributed by atoms with van der Waals surface area (Å²) in [5.41, 5.74) is 1.13. The van der Waals surface area contributed by atoms with E-state index in [0.717, 1.165) is 5.56 Å². The van der Waals surface area contributed by atoms with Crippen molar-refractivity contribution in [2.75, 3.05) is 6.61 Å². The molecule has 0 saturated heterocycles. The zero-order valence-corrected chi connectivity index (χ0v) is 12.8. The lowest BCUT2D eigenvalue weighted by atomic mass is 9.94. The molecule has 0 fully saturated rings. The summed E-state index contributed by atoms with van der Waals surface area (Å²) >= 11 is 0. The highest BCUT2D eigenvalue weighted by Crippen LogP contribution is 2.19. The predicted molar refractivity (Wildman–Crippen MR) is 84.7 cm³/mol. The molecule has 0 saturated carbocycles. The largest absolute Gasteiger partial charge is 0.458 e. The van der Waals surface area contributed by atoms with Crippen molar-refractivity contribution in [3.8, 4) is 0 Å². The van der Waals surface area contributed by atoms with Crippen LogP contribution in [0.5, 0.6) is 0 Å². The second-order valence-electron chi connectivity index (χ2n) is 5.18. The fourth-order valence-corrected chi connectivity index (χ4v) is 2.09. The lowest BCUT2D eigenvalue weighted by molar-refractivity contribution is -0.149. The van der Waals surface area contributed by atoms with Crippen LogP contribution < -0.4 is 0 Å². The predicted octanol–water partition coefficient (Wildman–Crippen LogP) is 3.76. The SMILES string of the molecule is C=CC(=O)O[C@H]([C@@H](C)C=C)[C@@H](C)COCc1ccccc1. The van der Waals surface area contributed by atoms with Crippen LogP contribution >= 0.6 is 0 Å². The number of ether oxygens (including phenoxy) is 2. The number of rotatable bonds is 9. The summed E-state index contributed by atoms with van der Waals surface area (Å²) in [5, 5.41) is 0. The van der Waals surface area contributed by atoms with Gasteiger partial charge in [0.25, 0.3) is 0 Å². The van der Waals surface area contributed by atoms with E-state index in [1.165, 1.54) is 6.08 Å². The van der Waals surface area contributed by atoms with E-state index >= 15 is 0 Å². The van der Waals surface area contributed by atoms with Crippen LogP contribution in [-0.2, 0) is 20.9 Å². The number of benzene rings is 1. The molecule has 0 aromatic heterocycles. The van der Waals surface area contributed by atoms with Gasteiger partial charge in [-0.1, -0.05) is 56.8 Å². The van der Waals surface area contributed by atoms with Crippen molar-refractivity contribution in [2.45, 2.75) is 26.6 Å². The molecule has 1 aromatic carbocycles. The molecule has 3 heteroatoms. The zero-order chi connectivity index (χ0) is 15.7. The first kappa shape index (κ1) is 17.2. The van der Waals surface area contributed by atoms with Gasteiger partial charge < -0.3 is 9.47 Å². The maximum absolute atomic E-state index is 11.4. The Hall–Kier alpha value is -1.87. The molecule has 1 aromatic rings. The Kier molecular flexibility index (Phi) is 7.48. The van der Waals surface area contributed by atoms with Crippen LogP contribution in [0.1, 0.15) is 19.4 Å². The first-order valence-electron chi connectivity index (χ1n) is 7.15. The molecule has 0 heterocycles. The number of hydrogen-bond acceptors (Lipinski definition) is 3. The number of carbonyl (C=O) groups excluding carboxylic acids is 1. The molecule has 0 radical (unpaired) electrons. The van der Waals surface area contributed by atoms with Crippen molar-refractivity contribution in [3.05, 3.63) is 61.2 Å². The van der Waals surface area contributed by atoms with Gasteiger partial charge >= 0.3 is 5.97 Å². The van der Waals surface area contributed by atoms with Gasteiger partial charge in [0.1, 0.15) is 6.10 Å². The first-order chi connectivity index (χ1) is 10.1. The van der Waals surface area contributed by atoms with Gasteiger partial charge in [-0.25, -0.2) is 4.79 Å². The maximum atomic E-state index is 11.4. The Morgan fingerprint density at radius 3 is 2.48 bits per heavy atom. The summed E-state index contributed by atoms with van der Waals surface area (Å²) in [6, 6.07) is 9.98. The van der Waals surface area contributed by atoms with Crippen molar-refractivity contribution < 1.29 is 14.3 Å². The highest BCUT2D eigenvalue weighted by atomic mass is 16.5. The fraction of sp³-hybridized carbons (Fsp3) is 0.389. The van der Waals surface area contributed by atoms with Crippen LogP contribution in [0.15, 0.2) is 55.6 Å². The molecular weight excluding hydrogens is 264 g/mol. The lowest BCUT2D eigenvalue weighted by Gasteiger charge is -2.27. The van der Waals surface area contributed by atoms with Gasteiger partial charge in [0.05, 0.1) is 13.2 Å². The Balaban J connectivity index is 2.51. The van der Waals surface area contributed by atoms with Crippen molar-refractivity contribution in [1.29, 1.82) is 0 Å². The van der Waals surface area contributed by atoms with Gasteiger partial charge in [0.2, 0.25) is 0 Å². The molecule has 0 aliphatic heterocycles. The third kappa shape index (κ3) is 5.96. The van der Waals surface area contributed by atoms with Crippen LogP contribution in [0.3, 0.4) is 0 Å². The molecule has 0 aliphatic carbocycles. The topological polar surface area (TPSA) is 35.5 Å². The Bertz CT molecular complexity index is 453. The molecule has 0 amide bonds. The van der Waals surface area contributed by atoms with E-state index in [0.29, 0.717) is 13.2 Å². The Labute approximate surface area is 127 Å². The maximum Gasteiger partial charge on any atom is 0.330 e. The smallest absolute Gasteiger partial charge is 0.330 e. The second kappa shape index (κ2) is 9.14. The van der Waals surface area contributed by atoms with E-state index in [-0.39, 0.29) is 17.9 Å². The van der Waals surface area contributed by atoms with Crippen LogP contribution in [0.2, 0.25) is 0 Å². The minimum absolute atomic E-state index is 0.0595. The third-order valence-corrected chi connectivity index (χ3v) is 3.36. The number of carbonyl (C=O) groups is 1. The summed E-state index contributed by atoms with van der Waals surface area (Å²) < 4.78 is 11.1. The van der Waals surface area contributed by atoms with E-state index < -0.39 is 5.97 Å². The molecule has 3 nitrogen and oxygen atoms in total. The zero-order valence-electron chi connectivity index (χ0n) is 12.8. The minimum atomic E-state index is -0.413. The van der Waals surface area contributed by atoms with E-state index in [1.54, 1.807) is 6.08 Å². The Morgan fingerprint density at radius 2 is 1.90 bits per heavy atom. The van der Waals surface area contributed by atoms with E-state index in [1.807, 2.05) is 44.2 Å². The fourth-order valence-electron chi connectivity index (χ4n) is 2.09. The van der Waals surface area contributed by atoms with Gasteiger partial charge in [-0.15, -0.1) is 6.58 Å². The lowest BCUT2D eigenvalue weighted by Crippen LogP contribution is -2.32. The van der Waals surface area contributed by atoms with Crippen LogP contribution in [0.4, 0.5) is 0 Å². The Morgan fingerprint density at radius 1 is 1.24 bits per heavy atom. The average molecular weight is 288 g/mol. The van der Waals surface area contributed by atoms with Crippen LogP contribution in [0.25, 0.3) is 0 Å². The third-order valence-electron chi connectivity index (χ3n) is 3.36. The van der Waals surface area contributed by atoms with Crippen molar-refractivity contribution in [2.24, 2.45) is 11.8 Å². The molecule has 0 spiro atoms. The summed E-state index contributed by atoms with van der Waals surface area (Å²) in [6.07, 6.45) is 2.71. The highest BCUT2D eigenvalue weighted by Gasteiger charge is 2.25. The molecule has 0 unspecified atom stereocenters. The van der Waals surface area contributed by atoms with Gasteiger partial charge in [-0.3, -0.25) is 0 Å². The molecule has 3 atom stereocenters. The van der Waals surface area contributed by atoms with E-state index in [2.05, 4.69) is 13.2 Å². The molecule has 0 bridgehead atoms. The summed E-state index contributed by atoms with van der Waals surface area (Å²) in [5.74, 6) is -0.279. The molecule has 21 heavy (non-hydrogen) atoms. The van der Waals surface area contributed by atoms with Gasteiger partial charge in [0.15, 0.2) is 0 Å². The monoisotopic (exact) mass is 288 g/mol. The molecular formula is C18H24O3. The number of hydrogen-bond donors (Lipinski definition) is 0. The molecule has 0 aliphatic rings. The second-order valence-corrected chi connectivity index (χ2v) is 5.18.